The Kier molecular flexibility index (Phi) is 2.92. The number of aryl methyl sites for hydroxylation is 1. The van der Waals surface area contributed by atoms with Crippen LogP contribution in [0.3, 0.4) is 0 Å². The monoisotopic (exact) mass is 207 g/mol. The highest BCUT2D eigenvalue weighted by molar-refractivity contribution is 7.10. The third-order valence-electron chi connectivity index (χ3n) is 2.81. The molecule has 0 bridgehead atoms. The smallest absolute Gasteiger partial charge is 0.0351 e. The summed E-state index contributed by atoms with van der Waals surface area (Å²) in [6.07, 6.45) is 5.35. The van der Waals surface area contributed by atoms with E-state index < -0.39 is 0 Å². The van der Waals surface area contributed by atoms with Crippen LogP contribution in [0, 0.1) is 6.92 Å². The zero-order valence-electron chi connectivity index (χ0n) is 8.68. The number of hydrogen-bond acceptors (Lipinski definition) is 2. The lowest BCUT2D eigenvalue weighted by Gasteiger charge is -2.14. The molecule has 0 unspecified atom stereocenters. The first-order chi connectivity index (χ1) is 6.75. The van der Waals surface area contributed by atoms with Crippen LogP contribution < -0.4 is 5.32 Å². The summed E-state index contributed by atoms with van der Waals surface area (Å²) in [5, 5.41) is 5.70. The standard InChI is InChI=1S/C12H17NS/c1-9-7-11(8-14-9)10(2)13-12-5-3-4-6-12/h7-8,12-13H,2-6H2,1H3. The minimum absolute atomic E-state index is 0.669. The Bertz CT molecular complexity index is 321. The van der Waals surface area contributed by atoms with Gasteiger partial charge in [-0.25, -0.2) is 0 Å². The second kappa shape index (κ2) is 4.18. The van der Waals surface area contributed by atoms with E-state index in [4.69, 9.17) is 0 Å². The van der Waals surface area contributed by atoms with Crippen LogP contribution in [0.1, 0.15) is 36.1 Å². The van der Waals surface area contributed by atoms with E-state index in [-0.39, 0.29) is 0 Å². The maximum atomic E-state index is 4.10. The van der Waals surface area contributed by atoms with Crippen molar-refractivity contribution in [2.24, 2.45) is 0 Å². The summed E-state index contributed by atoms with van der Waals surface area (Å²) in [7, 11) is 0. The summed E-state index contributed by atoms with van der Waals surface area (Å²) in [6, 6.07) is 2.87. The maximum Gasteiger partial charge on any atom is 0.0351 e. The molecule has 1 heterocycles. The molecule has 0 spiro atoms. The van der Waals surface area contributed by atoms with E-state index in [1.54, 1.807) is 11.3 Å². The molecule has 0 amide bonds. The molecule has 0 aliphatic heterocycles. The highest BCUT2D eigenvalue weighted by Gasteiger charge is 2.15. The molecule has 1 aromatic heterocycles. The van der Waals surface area contributed by atoms with E-state index in [9.17, 15) is 0 Å². The highest BCUT2D eigenvalue weighted by atomic mass is 32.1. The fourth-order valence-corrected chi connectivity index (χ4v) is 2.72. The molecule has 0 saturated heterocycles. The molecular formula is C12H17NS. The van der Waals surface area contributed by atoms with Gasteiger partial charge in [0.05, 0.1) is 0 Å². The largest absolute Gasteiger partial charge is 0.382 e. The number of hydrogen-bond donors (Lipinski definition) is 1. The number of nitrogens with one attached hydrogen (secondary N) is 1. The Balaban J connectivity index is 1.95. The van der Waals surface area contributed by atoms with E-state index in [1.807, 2.05) is 0 Å². The van der Waals surface area contributed by atoms with Gasteiger partial charge in [0, 0.05) is 27.6 Å². The molecule has 0 atom stereocenters. The molecule has 0 radical (unpaired) electrons. The van der Waals surface area contributed by atoms with Crippen LogP contribution in [-0.2, 0) is 0 Å². The number of thiophene rings is 1. The molecule has 1 nitrogen and oxygen atoms in total. The first kappa shape index (κ1) is 9.78. The first-order valence-electron chi connectivity index (χ1n) is 5.26. The second-order valence-electron chi connectivity index (χ2n) is 4.05. The minimum Gasteiger partial charge on any atom is -0.382 e. The summed E-state index contributed by atoms with van der Waals surface area (Å²) < 4.78 is 0. The van der Waals surface area contributed by atoms with Gasteiger partial charge in [-0.3, -0.25) is 0 Å². The predicted octanol–water partition coefficient (Wildman–Crippen LogP) is 3.56. The van der Waals surface area contributed by atoms with Crippen LogP contribution >= 0.6 is 11.3 Å². The minimum atomic E-state index is 0.669. The van der Waals surface area contributed by atoms with Crippen molar-refractivity contribution in [2.45, 2.75) is 38.6 Å². The van der Waals surface area contributed by atoms with Crippen molar-refractivity contribution < 1.29 is 0 Å². The van der Waals surface area contributed by atoms with Gasteiger partial charge >= 0.3 is 0 Å². The maximum absolute atomic E-state index is 4.10. The Morgan fingerprint density at radius 3 is 2.79 bits per heavy atom. The Morgan fingerprint density at radius 2 is 2.21 bits per heavy atom. The lowest BCUT2D eigenvalue weighted by molar-refractivity contribution is 0.619. The fraction of sp³-hybridized carbons (Fsp3) is 0.500. The highest BCUT2D eigenvalue weighted by Crippen LogP contribution is 2.23. The van der Waals surface area contributed by atoms with Gasteiger partial charge in [0.2, 0.25) is 0 Å². The van der Waals surface area contributed by atoms with Crippen LogP contribution in [0.4, 0.5) is 0 Å². The predicted molar refractivity (Wildman–Crippen MR) is 63.5 cm³/mol. The van der Waals surface area contributed by atoms with Crippen LogP contribution in [-0.4, -0.2) is 6.04 Å². The van der Waals surface area contributed by atoms with E-state index in [2.05, 4.69) is 30.3 Å². The van der Waals surface area contributed by atoms with Crippen molar-refractivity contribution in [2.75, 3.05) is 0 Å². The summed E-state index contributed by atoms with van der Waals surface area (Å²) in [5.41, 5.74) is 2.36. The molecule has 1 saturated carbocycles. The molecule has 14 heavy (non-hydrogen) atoms. The quantitative estimate of drug-likeness (QED) is 0.799. The Morgan fingerprint density at radius 1 is 1.50 bits per heavy atom. The van der Waals surface area contributed by atoms with Gasteiger partial charge in [0.1, 0.15) is 0 Å². The van der Waals surface area contributed by atoms with E-state index in [0.717, 1.165) is 5.70 Å². The lowest BCUT2D eigenvalue weighted by Crippen LogP contribution is -2.23. The molecule has 0 aromatic carbocycles. The third kappa shape index (κ3) is 2.18. The molecule has 1 aromatic rings. The molecule has 1 N–H and O–H groups in total. The average Bonchev–Trinajstić information content (AvgIpc) is 2.75. The van der Waals surface area contributed by atoms with Crippen molar-refractivity contribution >= 4 is 17.0 Å². The molecule has 2 heteroatoms. The molecule has 1 aliphatic rings. The first-order valence-corrected chi connectivity index (χ1v) is 6.14. The Hall–Kier alpha value is -0.760. The molecule has 76 valence electrons. The van der Waals surface area contributed by atoms with Crippen molar-refractivity contribution in [3.63, 3.8) is 0 Å². The fourth-order valence-electron chi connectivity index (χ4n) is 2.00. The van der Waals surface area contributed by atoms with Crippen LogP contribution in [0.15, 0.2) is 18.0 Å². The van der Waals surface area contributed by atoms with Gasteiger partial charge in [-0.1, -0.05) is 19.4 Å². The van der Waals surface area contributed by atoms with Gasteiger partial charge in [-0.05, 0) is 25.8 Å². The Labute approximate surface area is 89.8 Å². The summed E-state index contributed by atoms with van der Waals surface area (Å²) in [4.78, 5) is 1.36. The summed E-state index contributed by atoms with van der Waals surface area (Å²) in [6.45, 7) is 6.23. The van der Waals surface area contributed by atoms with Crippen molar-refractivity contribution in [1.29, 1.82) is 0 Å². The van der Waals surface area contributed by atoms with Crippen LogP contribution in [0.25, 0.3) is 5.70 Å². The average molecular weight is 207 g/mol. The summed E-state index contributed by atoms with van der Waals surface area (Å²) >= 11 is 1.79. The normalized spacial score (nSPS) is 17.2. The summed E-state index contributed by atoms with van der Waals surface area (Å²) in [5.74, 6) is 0. The van der Waals surface area contributed by atoms with E-state index in [1.165, 1.54) is 36.1 Å². The van der Waals surface area contributed by atoms with E-state index >= 15 is 0 Å². The van der Waals surface area contributed by atoms with Crippen molar-refractivity contribution in [1.82, 2.24) is 5.32 Å². The topological polar surface area (TPSA) is 12.0 Å². The zero-order valence-corrected chi connectivity index (χ0v) is 9.49. The van der Waals surface area contributed by atoms with Crippen molar-refractivity contribution in [3.8, 4) is 0 Å². The van der Waals surface area contributed by atoms with Crippen LogP contribution in [0.2, 0.25) is 0 Å². The van der Waals surface area contributed by atoms with Gasteiger partial charge in [-0.2, -0.15) is 0 Å². The molecule has 1 aliphatic carbocycles. The molecular weight excluding hydrogens is 190 g/mol. The molecule has 1 fully saturated rings. The van der Waals surface area contributed by atoms with Crippen LogP contribution in [0.5, 0.6) is 0 Å². The van der Waals surface area contributed by atoms with Gasteiger partial charge in [-0.15, -0.1) is 11.3 Å². The third-order valence-corrected chi connectivity index (χ3v) is 3.67. The zero-order chi connectivity index (χ0) is 9.97. The van der Waals surface area contributed by atoms with Gasteiger partial charge < -0.3 is 5.32 Å². The second-order valence-corrected chi connectivity index (χ2v) is 5.17. The lowest BCUT2D eigenvalue weighted by atomic mass is 10.2. The van der Waals surface area contributed by atoms with Gasteiger partial charge in [0.15, 0.2) is 0 Å². The van der Waals surface area contributed by atoms with E-state index in [0.29, 0.717) is 6.04 Å². The number of rotatable bonds is 3. The molecule has 2 rings (SSSR count). The van der Waals surface area contributed by atoms with Gasteiger partial charge in [0.25, 0.3) is 0 Å². The SMILES string of the molecule is C=C(NC1CCCC1)c1csc(C)c1. The van der Waals surface area contributed by atoms with Crippen molar-refractivity contribution in [3.05, 3.63) is 28.5 Å².